The number of rotatable bonds is 4. The number of carbonyl (C=O) groups is 1. The third-order valence-electron chi connectivity index (χ3n) is 4.47. The zero-order chi connectivity index (χ0) is 18.8. The van der Waals surface area contributed by atoms with E-state index in [4.69, 9.17) is 23.2 Å². The Morgan fingerprint density at radius 3 is 2.78 bits per heavy atom. The molecule has 0 radical (unpaired) electrons. The van der Waals surface area contributed by atoms with Gasteiger partial charge in [-0.2, -0.15) is 9.97 Å². The van der Waals surface area contributed by atoms with Crippen LogP contribution >= 0.6 is 23.2 Å². The van der Waals surface area contributed by atoms with E-state index >= 15 is 0 Å². The lowest BCUT2D eigenvalue weighted by Crippen LogP contribution is -2.50. The summed E-state index contributed by atoms with van der Waals surface area (Å²) in [6, 6.07) is 7.75. The van der Waals surface area contributed by atoms with E-state index in [2.05, 4.69) is 30.2 Å². The molecule has 3 aromatic rings. The summed E-state index contributed by atoms with van der Waals surface area (Å²) in [7, 11) is 0. The SMILES string of the molecule is O=C(CNc1nc(Cl)nc2nc[nH]c12)N1CCN(c2cccc(Cl)c2)CC1. The normalized spacial score (nSPS) is 14.6. The van der Waals surface area contributed by atoms with Crippen molar-refractivity contribution >= 4 is 51.8 Å². The van der Waals surface area contributed by atoms with E-state index < -0.39 is 0 Å². The number of anilines is 2. The highest BCUT2D eigenvalue weighted by atomic mass is 35.5. The summed E-state index contributed by atoms with van der Waals surface area (Å²) in [5.74, 6) is 0.469. The van der Waals surface area contributed by atoms with Gasteiger partial charge in [0.25, 0.3) is 0 Å². The highest BCUT2D eigenvalue weighted by Crippen LogP contribution is 2.21. The molecule has 10 heteroatoms. The number of hydrogen-bond acceptors (Lipinski definition) is 6. The number of halogens is 2. The summed E-state index contributed by atoms with van der Waals surface area (Å²) in [5.41, 5.74) is 2.16. The summed E-state index contributed by atoms with van der Waals surface area (Å²) in [6.45, 7) is 2.94. The maximum atomic E-state index is 12.5. The van der Waals surface area contributed by atoms with Crippen LogP contribution in [-0.4, -0.2) is 63.5 Å². The van der Waals surface area contributed by atoms with Crippen LogP contribution in [-0.2, 0) is 4.79 Å². The van der Waals surface area contributed by atoms with E-state index in [9.17, 15) is 4.79 Å². The second-order valence-corrected chi connectivity index (χ2v) is 6.92. The van der Waals surface area contributed by atoms with Crippen molar-refractivity contribution in [3.63, 3.8) is 0 Å². The fourth-order valence-corrected chi connectivity index (χ4v) is 3.44. The Labute approximate surface area is 165 Å². The van der Waals surface area contributed by atoms with Crippen LogP contribution in [0.15, 0.2) is 30.6 Å². The van der Waals surface area contributed by atoms with Gasteiger partial charge in [-0.1, -0.05) is 17.7 Å². The molecule has 1 aliphatic heterocycles. The number of amides is 1. The lowest BCUT2D eigenvalue weighted by molar-refractivity contribution is -0.129. The molecular formula is C17H17Cl2N7O. The van der Waals surface area contributed by atoms with Crippen LogP contribution in [0.3, 0.4) is 0 Å². The Hall–Kier alpha value is -2.58. The molecule has 3 heterocycles. The summed E-state index contributed by atoms with van der Waals surface area (Å²) < 4.78 is 0. The van der Waals surface area contributed by atoms with E-state index in [0.717, 1.165) is 18.8 Å². The van der Waals surface area contributed by atoms with Crippen molar-refractivity contribution < 1.29 is 4.79 Å². The van der Waals surface area contributed by atoms with Crippen molar-refractivity contribution in [1.82, 2.24) is 24.8 Å². The van der Waals surface area contributed by atoms with Crippen LogP contribution in [0, 0.1) is 0 Å². The number of imidazole rings is 1. The molecule has 8 nitrogen and oxygen atoms in total. The smallest absolute Gasteiger partial charge is 0.242 e. The number of benzene rings is 1. The Morgan fingerprint density at radius 1 is 1.19 bits per heavy atom. The highest BCUT2D eigenvalue weighted by molar-refractivity contribution is 6.30. The molecule has 2 N–H and O–H groups in total. The first kappa shape index (κ1) is 17.8. The molecule has 1 aromatic carbocycles. The van der Waals surface area contributed by atoms with Crippen molar-refractivity contribution in [2.24, 2.45) is 0 Å². The van der Waals surface area contributed by atoms with Gasteiger partial charge in [-0.25, -0.2) is 4.98 Å². The van der Waals surface area contributed by atoms with Crippen molar-refractivity contribution in [3.8, 4) is 0 Å². The molecule has 0 spiro atoms. The van der Waals surface area contributed by atoms with Crippen LogP contribution in [0.1, 0.15) is 0 Å². The molecular weight excluding hydrogens is 389 g/mol. The minimum atomic E-state index is 0.00291. The summed E-state index contributed by atoms with van der Waals surface area (Å²) >= 11 is 12.0. The van der Waals surface area contributed by atoms with E-state index in [1.54, 1.807) is 0 Å². The zero-order valence-corrected chi connectivity index (χ0v) is 15.8. The highest BCUT2D eigenvalue weighted by Gasteiger charge is 2.21. The van der Waals surface area contributed by atoms with Gasteiger partial charge in [-0.05, 0) is 29.8 Å². The Balaban J connectivity index is 1.35. The Kier molecular flexibility index (Phi) is 5.00. The number of fused-ring (bicyclic) bond motifs is 1. The van der Waals surface area contributed by atoms with Crippen molar-refractivity contribution in [2.75, 3.05) is 42.9 Å². The van der Waals surface area contributed by atoms with Crippen LogP contribution in [0.25, 0.3) is 11.2 Å². The topological polar surface area (TPSA) is 90.0 Å². The molecule has 1 saturated heterocycles. The minimum Gasteiger partial charge on any atom is -0.368 e. The Morgan fingerprint density at radius 2 is 2.00 bits per heavy atom. The van der Waals surface area contributed by atoms with E-state index in [1.807, 2.05) is 29.2 Å². The van der Waals surface area contributed by atoms with Gasteiger partial charge in [0.1, 0.15) is 5.52 Å². The van der Waals surface area contributed by atoms with Crippen molar-refractivity contribution in [3.05, 3.63) is 40.9 Å². The predicted octanol–water partition coefficient (Wildman–Crippen LogP) is 2.42. The fraction of sp³-hybridized carbons (Fsp3) is 0.294. The lowest BCUT2D eigenvalue weighted by Gasteiger charge is -2.36. The number of piperazine rings is 1. The summed E-state index contributed by atoms with van der Waals surface area (Å²) in [6.07, 6.45) is 1.51. The van der Waals surface area contributed by atoms with Gasteiger partial charge in [0.05, 0.1) is 12.9 Å². The van der Waals surface area contributed by atoms with Crippen molar-refractivity contribution in [2.45, 2.75) is 0 Å². The number of nitrogens with zero attached hydrogens (tertiary/aromatic N) is 5. The van der Waals surface area contributed by atoms with Gasteiger partial charge in [-0.3, -0.25) is 4.79 Å². The molecule has 0 unspecified atom stereocenters. The Bertz CT molecular complexity index is 969. The van der Waals surface area contributed by atoms with Crippen LogP contribution in [0.4, 0.5) is 11.5 Å². The second kappa shape index (κ2) is 7.58. The number of aromatic nitrogens is 4. The molecule has 1 fully saturated rings. The maximum Gasteiger partial charge on any atom is 0.242 e. The fourth-order valence-electron chi connectivity index (χ4n) is 3.09. The van der Waals surface area contributed by atoms with E-state index in [1.165, 1.54) is 6.33 Å². The maximum absolute atomic E-state index is 12.5. The summed E-state index contributed by atoms with van der Waals surface area (Å²) in [4.78, 5) is 31.8. The quantitative estimate of drug-likeness (QED) is 0.647. The molecule has 2 aromatic heterocycles. The number of aromatic amines is 1. The molecule has 0 bridgehead atoms. The molecule has 0 aliphatic carbocycles. The van der Waals surface area contributed by atoms with Crippen LogP contribution in [0.2, 0.25) is 10.3 Å². The first-order valence-corrected chi connectivity index (χ1v) is 9.24. The zero-order valence-electron chi connectivity index (χ0n) is 14.3. The first-order valence-electron chi connectivity index (χ1n) is 8.49. The van der Waals surface area contributed by atoms with Gasteiger partial charge in [-0.15, -0.1) is 0 Å². The number of nitrogens with one attached hydrogen (secondary N) is 2. The summed E-state index contributed by atoms with van der Waals surface area (Å²) in [5, 5.41) is 3.83. The van der Waals surface area contributed by atoms with Crippen LogP contribution < -0.4 is 10.2 Å². The monoisotopic (exact) mass is 405 g/mol. The third-order valence-corrected chi connectivity index (χ3v) is 4.88. The standard InChI is InChI=1S/C17H17Cl2N7O/c18-11-2-1-3-12(8-11)25-4-6-26(7-5-25)13(27)9-20-15-14-16(22-10-21-14)24-17(19)23-15/h1-3,8,10H,4-7,9H2,(H2,20,21,22,23,24). The molecule has 0 atom stereocenters. The van der Waals surface area contributed by atoms with E-state index in [0.29, 0.717) is 35.1 Å². The molecule has 27 heavy (non-hydrogen) atoms. The van der Waals surface area contributed by atoms with Crippen LogP contribution in [0.5, 0.6) is 0 Å². The van der Waals surface area contributed by atoms with Gasteiger partial charge in [0.15, 0.2) is 11.5 Å². The van der Waals surface area contributed by atoms with Gasteiger partial charge < -0.3 is 20.1 Å². The van der Waals surface area contributed by atoms with Gasteiger partial charge in [0, 0.05) is 36.9 Å². The predicted molar refractivity (Wildman–Crippen MR) is 105 cm³/mol. The molecule has 4 rings (SSSR count). The average Bonchev–Trinajstić information content (AvgIpc) is 3.14. The van der Waals surface area contributed by atoms with Gasteiger partial charge in [0.2, 0.25) is 11.2 Å². The van der Waals surface area contributed by atoms with Gasteiger partial charge >= 0.3 is 0 Å². The van der Waals surface area contributed by atoms with Crippen molar-refractivity contribution in [1.29, 1.82) is 0 Å². The lowest BCUT2D eigenvalue weighted by atomic mass is 10.2. The molecule has 1 amide bonds. The molecule has 0 saturated carbocycles. The first-order chi connectivity index (χ1) is 13.1. The van der Waals surface area contributed by atoms with E-state index in [-0.39, 0.29) is 17.7 Å². The minimum absolute atomic E-state index is 0.00291. The average molecular weight is 406 g/mol. The molecule has 1 aliphatic rings. The third kappa shape index (κ3) is 3.91. The largest absolute Gasteiger partial charge is 0.368 e. The second-order valence-electron chi connectivity index (χ2n) is 6.14. The number of carbonyl (C=O) groups excluding carboxylic acids is 1. The molecule has 140 valence electrons. The number of H-pyrrole nitrogens is 1. The number of hydrogen-bond donors (Lipinski definition) is 2.